The van der Waals surface area contributed by atoms with Crippen molar-refractivity contribution in [2.75, 3.05) is 5.43 Å². The van der Waals surface area contributed by atoms with Crippen molar-refractivity contribution in [1.82, 2.24) is 18.7 Å². The van der Waals surface area contributed by atoms with E-state index in [1.807, 2.05) is 0 Å². The van der Waals surface area contributed by atoms with Gasteiger partial charge in [-0.05, 0) is 35.9 Å². The van der Waals surface area contributed by atoms with Crippen LogP contribution in [0, 0.1) is 5.82 Å². The number of anilines is 1. The van der Waals surface area contributed by atoms with Gasteiger partial charge in [0.15, 0.2) is 11.2 Å². The number of hydrogen-bond donors (Lipinski definition) is 2. The van der Waals surface area contributed by atoms with Crippen LogP contribution in [0.4, 0.5) is 10.3 Å². The second-order valence-electron chi connectivity index (χ2n) is 7.10. The largest absolute Gasteiger partial charge is 0.507 e. The van der Waals surface area contributed by atoms with Gasteiger partial charge in [0.25, 0.3) is 5.56 Å². The molecular formula is C21H18BrFN6O3. The van der Waals surface area contributed by atoms with Crippen molar-refractivity contribution < 1.29 is 9.50 Å². The molecule has 0 fully saturated rings. The third-order valence-corrected chi connectivity index (χ3v) is 5.45. The maximum atomic E-state index is 13.3. The van der Waals surface area contributed by atoms with E-state index in [9.17, 15) is 19.1 Å². The fraction of sp³-hybridized carbons (Fsp3) is 0.143. The Kier molecular flexibility index (Phi) is 5.66. The molecule has 2 aromatic heterocycles. The molecule has 0 aliphatic carbocycles. The molecule has 0 radical (unpaired) electrons. The molecule has 0 saturated carbocycles. The van der Waals surface area contributed by atoms with Gasteiger partial charge in [-0.1, -0.05) is 28.1 Å². The number of aromatic hydroxyl groups is 1. The Bertz CT molecular complexity index is 1470. The van der Waals surface area contributed by atoms with Crippen LogP contribution in [-0.2, 0) is 20.6 Å². The van der Waals surface area contributed by atoms with E-state index in [2.05, 4.69) is 31.4 Å². The van der Waals surface area contributed by atoms with Crippen LogP contribution in [0.15, 0.2) is 61.6 Å². The first kappa shape index (κ1) is 21.5. The lowest BCUT2D eigenvalue weighted by atomic mass is 10.2. The number of phenols is 1. The number of aromatic nitrogens is 4. The highest BCUT2D eigenvalue weighted by Gasteiger charge is 2.19. The van der Waals surface area contributed by atoms with E-state index >= 15 is 0 Å². The molecule has 0 amide bonds. The first-order valence-electron chi connectivity index (χ1n) is 9.44. The number of nitrogens with zero attached hydrogens (tertiary/aromatic N) is 5. The molecule has 4 aromatic rings. The number of fused-ring (bicyclic) bond motifs is 1. The number of hydrogen-bond acceptors (Lipinski definition) is 6. The molecule has 9 nitrogen and oxygen atoms in total. The van der Waals surface area contributed by atoms with Crippen molar-refractivity contribution in [3.05, 3.63) is 84.7 Å². The molecule has 164 valence electrons. The van der Waals surface area contributed by atoms with Gasteiger partial charge in [-0.3, -0.25) is 18.5 Å². The predicted octanol–water partition coefficient (Wildman–Crippen LogP) is 2.54. The number of nitrogens with one attached hydrogen (secondary N) is 1. The van der Waals surface area contributed by atoms with Crippen molar-refractivity contribution in [2.45, 2.75) is 6.54 Å². The van der Waals surface area contributed by atoms with Gasteiger partial charge in [0.1, 0.15) is 11.6 Å². The molecule has 2 aromatic carbocycles. The zero-order valence-corrected chi connectivity index (χ0v) is 18.7. The van der Waals surface area contributed by atoms with E-state index < -0.39 is 11.2 Å². The average molecular weight is 501 g/mol. The molecule has 0 aliphatic heterocycles. The average Bonchev–Trinajstić information content (AvgIpc) is 3.13. The molecular weight excluding hydrogens is 483 g/mol. The summed E-state index contributed by atoms with van der Waals surface area (Å²) in [7, 11) is 2.91. The number of phenolic OH excluding ortho intramolecular Hbond substituents is 1. The lowest BCUT2D eigenvalue weighted by molar-refractivity contribution is 0.474. The van der Waals surface area contributed by atoms with Crippen LogP contribution >= 0.6 is 15.9 Å². The van der Waals surface area contributed by atoms with Crippen LogP contribution in [0.2, 0.25) is 0 Å². The summed E-state index contributed by atoms with van der Waals surface area (Å²) in [4.78, 5) is 29.6. The van der Waals surface area contributed by atoms with Gasteiger partial charge in [-0.25, -0.2) is 14.6 Å². The molecule has 2 N–H and O–H groups in total. The predicted molar refractivity (Wildman–Crippen MR) is 123 cm³/mol. The minimum Gasteiger partial charge on any atom is -0.507 e. The van der Waals surface area contributed by atoms with Crippen molar-refractivity contribution in [2.24, 2.45) is 19.2 Å². The molecule has 0 unspecified atom stereocenters. The van der Waals surface area contributed by atoms with E-state index in [-0.39, 0.29) is 35.2 Å². The zero-order chi connectivity index (χ0) is 23.0. The van der Waals surface area contributed by atoms with Crippen molar-refractivity contribution in [3.8, 4) is 5.75 Å². The summed E-state index contributed by atoms with van der Waals surface area (Å²) in [6.07, 6.45) is 1.40. The van der Waals surface area contributed by atoms with Crippen LogP contribution < -0.4 is 16.7 Å². The molecule has 0 bridgehead atoms. The number of rotatable bonds is 5. The second-order valence-corrected chi connectivity index (χ2v) is 8.01. The van der Waals surface area contributed by atoms with Crippen LogP contribution in [0.25, 0.3) is 11.2 Å². The summed E-state index contributed by atoms with van der Waals surface area (Å²) in [5.74, 6) is -0.137. The minimum atomic E-state index is -0.514. The van der Waals surface area contributed by atoms with E-state index in [1.54, 1.807) is 28.8 Å². The van der Waals surface area contributed by atoms with Crippen molar-refractivity contribution >= 4 is 39.3 Å². The standard InChI is InChI=1S/C21H18BrFN6O3/c1-27-18-17(19(31)28(2)21(27)32)29(11-12-3-6-15(23)7-4-12)20(25-18)26-24-10-13-9-14(22)5-8-16(13)30/h3-10,30H,11H2,1-2H3,(H,25,26). The number of halogens is 2. The van der Waals surface area contributed by atoms with Gasteiger partial charge < -0.3 is 5.11 Å². The lowest BCUT2D eigenvalue weighted by Gasteiger charge is -2.09. The summed E-state index contributed by atoms with van der Waals surface area (Å²) in [6, 6.07) is 10.7. The smallest absolute Gasteiger partial charge is 0.332 e. The number of hydrazone groups is 1. The molecule has 0 atom stereocenters. The first-order valence-corrected chi connectivity index (χ1v) is 10.2. The van der Waals surface area contributed by atoms with Gasteiger partial charge in [-0.2, -0.15) is 10.1 Å². The fourth-order valence-corrected chi connectivity index (χ4v) is 3.63. The number of benzene rings is 2. The fourth-order valence-electron chi connectivity index (χ4n) is 3.25. The van der Waals surface area contributed by atoms with Gasteiger partial charge in [0.05, 0.1) is 12.8 Å². The molecule has 11 heteroatoms. The summed E-state index contributed by atoms with van der Waals surface area (Å²) >= 11 is 3.33. The van der Waals surface area contributed by atoms with Gasteiger partial charge >= 0.3 is 5.69 Å². The Morgan fingerprint density at radius 2 is 1.88 bits per heavy atom. The van der Waals surface area contributed by atoms with E-state index in [0.717, 1.165) is 14.6 Å². The van der Waals surface area contributed by atoms with Crippen molar-refractivity contribution in [1.29, 1.82) is 0 Å². The Morgan fingerprint density at radius 3 is 2.59 bits per heavy atom. The van der Waals surface area contributed by atoms with Crippen LogP contribution in [0.5, 0.6) is 5.75 Å². The minimum absolute atomic E-state index is 0.0369. The van der Waals surface area contributed by atoms with Gasteiger partial charge in [-0.15, -0.1) is 0 Å². The highest BCUT2D eigenvalue weighted by molar-refractivity contribution is 9.10. The molecule has 4 rings (SSSR count). The highest BCUT2D eigenvalue weighted by Crippen LogP contribution is 2.21. The van der Waals surface area contributed by atoms with E-state index in [0.29, 0.717) is 5.56 Å². The van der Waals surface area contributed by atoms with Crippen LogP contribution in [0.3, 0.4) is 0 Å². The normalized spacial score (nSPS) is 11.5. The van der Waals surface area contributed by atoms with Gasteiger partial charge in [0.2, 0.25) is 5.95 Å². The zero-order valence-electron chi connectivity index (χ0n) is 17.1. The summed E-state index contributed by atoms with van der Waals surface area (Å²) < 4.78 is 17.9. The first-order chi connectivity index (χ1) is 15.3. The Hall–Kier alpha value is -3.73. The summed E-state index contributed by atoms with van der Waals surface area (Å²) in [5, 5.41) is 14.1. The van der Waals surface area contributed by atoms with Gasteiger partial charge in [0, 0.05) is 24.1 Å². The maximum Gasteiger partial charge on any atom is 0.332 e. The highest BCUT2D eigenvalue weighted by atomic mass is 79.9. The van der Waals surface area contributed by atoms with Crippen molar-refractivity contribution in [3.63, 3.8) is 0 Å². The number of imidazole rings is 1. The number of aryl methyl sites for hydroxylation is 1. The maximum absolute atomic E-state index is 13.3. The summed E-state index contributed by atoms with van der Waals surface area (Å²) in [6.45, 7) is 0.185. The third-order valence-electron chi connectivity index (χ3n) is 4.96. The molecule has 0 aliphatic rings. The SMILES string of the molecule is Cn1c(=O)c2c(nc(NN=Cc3cc(Br)ccc3O)n2Cc2ccc(F)cc2)n(C)c1=O. The molecule has 0 saturated heterocycles. The topological polar surface area (TPSA) is 106 Å². The lowest BCUT2D eigenvalue weighted by Crippen LogP contribution is -2.37. The third kappa shape index (κ3) is 3.94. The molecule has 32 heavy (non-hydrogen) atoms. The van der Waals surface area contributed by atoms with Crippen LogP contribution in [-0.4, -0.2) is 30.0 Å². The quantitative estimate of drug-likeness (QED) is 0.323. The van der Waals surface area contributed by atoms with E-state index in [4.69, 9.17) is 0 Å². The van der Waals surface area contributed by atoms with E-state index in [1.165, 1.54) is 43.1 Å². The molecule has 0 spiro atoms. The monoisotopic (exact) mass is 500 g/mol. The summed E-state index contributed by atoms with van der Waals surface area (Å²) in [5.41, 5.74) is 3.31. The molecule has 2 heterocycles. The Morgan fingerprint density at radius 1 is 1.16 bits per heavy atom. The Balaban J connectivity index is 1.82. The Labute approximate surface area is 189 Å². The second kappa shape index (κ2) is 8.42. The van der Waals surface area contributed by atoms with Crippen LogP contribution in [0.1, 0.15) is 11.1 Å².